The van der Waals surface area contributed by atoms with Crippen LogP contribution < -0.4 is 10.6 Å². The van der Waals surface area contributed by atoms with Crippen molar-refractivity contribution in [1.29, 1.82) is 0 Å². The summed E-state index contributed by atoms with van der Waals surface area (Å²) in [6, 6.07) is 8.92. The summed E-state index contributed by atoms with van der Waals surface area (Å²) < 4.78 is -0.241. The maximum atomic E-state index is 13.9. The van der Waals surface area contributed by atoms with E-state index < -0.39 is 17.5 Å². The number of likely N-dealkylation sites (tertiary alicyclic amines) is 1. The number of urea groups is 1. The lowest BCUT2D eigenvalue weighted by Crippen LogP contribution is -2.51. The number of ketones is 1. The Morgan fingerprint density at radius 2 is 1.82 bits per heavy atom. The Morgan fingerprint density at radius 3 is 2.51 bits per heavy atom. The molecule has 11 heteroatoms. The van der Waals surface area contributed by atoms with Crippen molar-refractivity contribution in [2.45, 2.75) is 62.1 Å². The highest BCUT2D eigenvalue weighted by Crippen LogP contribution is 2.49. The minimum atomic E-state index is -1.49. The van der Waals surface area contributed by atoms with Gasteiger partial charge in [-0.15, -0.1) is 11.8 Å². The first-order valence-electron chi connectivity index (χ1n) is 12.7. The fourth-order valence-electron chi connectivity index (χ4n) is 5.01. The van der Waals surface area contributed by atoms with Gasteiger partial charge in [-0.25, -0.2) is 14.6 Å². The second-order valence-electron chi connectivity index (χ2n) is 10.8. The number of rotatable bonds is 4. The average molecular weight is 567 g/mol. The lowest BCUT2D eigenvalue weighted by molar-refractivity contribution is -0.142. The molecule has 3 amide bonds. The molecular formula is C28H30N4O5S2. The molecule has 1 fully saturated rings. The number of thiophene rings is 1. The van der Waals surface area contributed by atoms with Crippen LogP contribution in [-0.4, -0.2) is 62.1 Å². The molecule has 1 aromatic carbocycles. The van der Waals surface area contributed by atoms with Crippen LogP contribution in [0.5, 0.6) is 0 Å². The third-order valence-corrected chi connectivity index (χ3v) is 9.88. The second kappa shape index (κ2) is 9.95. The number of amides is 3. The number of hydrogen-bond acceptors (Lipinski definition) is 7. The SMILES string of the molecule is Cc1ccc2c(c1)C(=O)CC1(CCN(C(=O)c3c(NC(=O)NC(C)(C)C(=O)O)sc4nc(C)ccc34)CC1)S2. The summed E-state index contributed by atoms with van der Waals surface area (Å²) in [5.74, 6) is -1.25. The molecule has 1 saturated heterocycles. The molecular weight excluding hydrogens is 536 g/mol. The Bertz CT molecular complexity index is 1520. The van der Waals surface area contributed by atoms with E-state index in [1.165, 1.54) is 25.2 Å². The molecule has 2 aliphatic heterocycles. The number of carbonyl (C=O) groups excluding carboxylic acids is 3. The number of pyridine rings is 1. The van der Waals surface area contributed by atoms with Crippen LogP contribution >= 0.6 is 23.1 Å². The number of aliphatic carboxylic acids is 1. The molecule has 9 nitrogen and oxygen atoms in total. The molecule has 0 atom stereocenters. The molecule has 0 bridgehead atoms. The number of Topliss-reactive ketones (excluding diaryl/α,β-unsaturated/α-hetero) is 1. The summed E-state index contributed by atoms with van der Waals surface area (Å²) in [6.07, 6.45) is 1.81. The highest BCUT2D eigenvalue weighted by atomic mass is 32.2. The van der Waals surface area contributed by atoms with Crippen molar-refractivity contribution < 1.29 is 24.3 Å². The molecule has 39 heavy (non-hydrogen) atoms. The van der Waals surface area contributed by atoms with E-state index in [-0.39, 0.29) is 16.4 Å². The van der Waals surface area contributed by atoms with E-state index in [2.05, 4.69) is 15.6 Å². The lowest BCUT2D eigenvalue weighted by Gasteiger charge is -2.43. The van der Waals surface area contributed by atoms with Gasteiger partial charge in [0.25, 0.3) is 5.91 Å². The van der Waals surface area contributed by atoms with Crippen molar-refractivity contribution in [1.82, 2.24) is 15.2 Å². The number of carboxylic acids is 1. The topological polar surface area (TPSA) is 129 Å². The molecule has 3 N–H and O–H groups in total. The highest BCUT2D eigenvalue weighted by Gasteiger charge is 2.43. The number of fused-ring (bicyclic) bond motifs is 2. The first kappa shape index (κ1) is 27.1. The van der Waals surface area contributed by atoms with Crippen LogP contribution in [0, 0.1) is 13.8 Å². The van der Waals surface area contributed by atoms with Gasteiger partial charge >= 0.3 is 12.0 Å². The number of hydrogen-bond donors (Lipinski definition) is 3. The largest absolute Gasteiger partial charge is 0.480 e. The third kappa shape index (κ3) is 5.25. The zero-order chi connectivity index (χ0) is 28.1. The van der Waals surface area contributed by atoms with Gasteiger partial charge in [0.2, 0.25) is 0 Å². The minimum absolute atomic E-state index is 0.152. The first-order valence-corrected chi connectivity index (χ1v) is 14.4. The highest BCUT2D eigenvalue weighted by molar-refractivity contribution is 8.01. The van der Waals surface area contributed by atoms with Gasteiger partial charge in [0.15, 0.2) is 5.78 Å². The maximum Gasteiger partial charge on any atom is 0.328 e. The zero-order valence-electron chi connectivity index (χ0n) is 22.2. The average Bonchev–Trinajstić information content (AvgIpc) is 3.20. The van der Waals surface area contributed by atoms with Gasteiger partial charge in [-0.1, -0.05) is 23.0 Å². The molecule has 2 aromatic heterocycles. The number of nitrogens with zero attached hydrogens (tertiary/aromatic N) is 2. The Morgan fingerprint density at radius 1 is 1.10 bits per heavy atom. The van der Waals surface area contributed by atoms with Crippen LogP contribution in [0.25, 0.3) is 10.2 Å². The van der Waals surface area contributed by atoms with Gasteiger partial charge in [0.05, 0.1) is 5.56 Å². The summed E-state index contributed by atoms with van der Waals surface area (Å²) in [4.78, 5) is 59.0. The summed E-state index contributed by atoms with van der Waals surface area (Å²) in [5.41, 5.74) is 1.48. The normalized spacial score (nSPS) is 16.7. The Hall–Kier alpha value is -3.44. The third-order valence-electron chi connectivity index (χ3n) is 7.30. The van der Waals surface area contributed by atoms with Crippen molar-refractivity contribution in [3.05, 3.63) is 52.7 Å². The lowest BCUT2D eigenvalue weighted by atomic mass is 9.87. The Labute approximate surface area is 234 Å². The summed E-state index contributed by atoms with van der Waals surface area (Å²) in [6.45, 7) is 7.56. The van der Waals surface area contributed by atoms with E-state index in [1.807, 2.05) is 44.2 Å². The molecule has 3 aromatic rings. The van der Waals surface area contributed by atoms with Crippen LogP contribution in [0.4, 0.5) is 9.80 Å². The predicted molar refractivity (Wildman–Crippen MR) is 152 cm³/mol. The van der Waals surface area contributed by atoms with Crippen LogP contribution in [0.15, 0.2) is 35.2 Å². The van der Waals surface area contributed by atoms with E-state index in [0.717, 1.165) is 21.7 Å². The van der Waals surface area contributed by atoms with Gasteiger partial charge in [0, 0.05) is 45.8 Å². The quantitative estimate of drug-likeness (QED) is 0.393. The van der Waals surface area contributed by atoms with Crippen molar-refractivity contribution in [3.8, 4) is 0 Å². The summed E-state index contributed by atoms with van der Waals surface area (Å²) in [7, 11) is 0. The second-order valence-corrected chi connectivity index (χ2v) is 13.3. The van der Waals surface area contributed by atoms with Crippen molar-refractivity contribution in [2.24, 2.45) is 0 Å². The van der Waals surface area contributed by atoms with Gasteiger partial charge in [-0.05, 0) is 64.8 Å². The van der Waals surface area contributed by atoms with E-state index in [1.54, 1.807) is 16.7 Å². The van der Waals surface area contributed by atoms with Gasteiger partial charge in [-0.3, -0.25) is 14.9 Å². The van der Waals surface area contributed by atoms with Crippen LogP contribution in [-0.2, 0) is 4.79 Å². The maximum absolute atomic E-state index is 13.9. The Kier molecular flexibility index (Phi) is 6.92. The van der Waals surface area contributed by atoms with Crippen molar-refractivity contribution in [3.63, 3.8) is 0 Å². The van der Waals surface area contributed by atoms with Crippen LogP contribution in [0.2, 0.25) is 0 Å². The van der Waals surface area contributed by atoms with E-state index in [9.17, 15) is 24.3 Å². The molecule has 0 radical (unpaired) electrons. The summed E-state index contributed by atoms with van der Waals surface area (Å²) >= 11 is 2.93. The molecule has 0 saturated carbocycles. The van der Waals surface area contributed by atoms with Gasteiger partial charge < -0.3 is 15.3 Å². The monoisotopic (exact) mass is 566 g/mol. The number of anilines is 1. The number of carbonyl (C=O) groups is 4. The fourth-order valence-corrected chi connectivity index (χ4v) is 7.59. The number of aromatic nitrogens is 1. The number of carboxylic acid groups (broad SMARTS) is 1. The van der Waals surface area contributed by atoms with Crippen molar-refractivity contribution >= 4 is 62.0 Å². The predicted octanol–water partition coefficient (Wildman–Crippen LogP) is 5.25. The molecule has 2 aliphatic rings. The Balaban J connectivity index is 1.38. The number of nitrogens with one attached hydrogen (secondary N) is 2. The van der Waals surface area contributed by atoms with Crippen LogP contribution in [0.3, 0.4) is 0 Å². The van der Waals surface area contributed by atoms with Gasteiger partial charge in [0.1, 0.15) is 15.4 Å². The molecule has 5 rings (SSSR count). The zero-order valence-corrected chi connectivity index (χ0v) is 23.8. The molecule has 0 aliphatic carbocycles. The van der Waals surface area contributed by atoms with E-state index in [4.69, 9.17) is 0 Å². The van der Waals surface area contributed by atoms with Crippen LogP contribution in [0.1, 0.15) is 65.1 Å². The molecule has 204 valence electrons. The van der Waals surface area contributed by atoms with E-state index >= 15 is 0 Å². The smallest absolute Gasteiger partial charge is 0.328 e. The number of benzene rings is 1. The minimum Gasteiger partial charge on any atom is -0.480 e. The van der Waals surface area contributed by atoms with E-state index in [0.29, 0.717) is 53.1 Å². The molecule has 4 heterocycles. The standard InChI is InChI=1S/C28H30N4O5S2/c1-15-5-8-20-18(13-15)19(33)14-28(39-20)9-11-32(12-10-28)24(34)21-17-7-6-16(2)29-22(17)38-23(21)30-26(37)31-27(3,4)25(35)36/h5-8,13H,9-12,14H2,1-4H3,(H,35,36)(H2,30,31,37). The number of thioether (sulfide) groups is 1. The van der Waals surface area contributed by atoms with Crippen molar-refractivity contribution in [2.75, 3.05) is 18.4 Å². The first-order chi connectivity index (χ1) is 18.4. The molecule has 0 unspecified atom stereocenters. The number of aryl methyl sites for hydroxylation is 2. The summed E-state index contributed by atoms with van der Waals surface area (Å²) in [5, 5.41) is 15.5. The number of piperidine rings is 1. The fraction of sp³-hybridized carbons (Fsp3) is 0.393. The van der Waals surface area contributed by atoms with Gasteiger partial charge in [-0.2, -0.15) is 0 Å². The molecule has 1 spiro atoms.